The van der Waals surface area contributed by atoms with Crippen LogP contribution in [0.4, 0.5) is 5.69 Å². The predicted octanol–water partition coefficient (Wildman–Crippen LogP) is 2.86. The van der Waals surface area contributed by atoms with Crippen LogP contribution in [0.15, 0.2) is 60.7 Å². The van der Waals surface area contributed by atoms with Crippen LogP contribution in [-0.4, -0.2) is 30.1 Å². The molecule has 0 bridgehead atoms. The van der Waals surface area contributed by atoms with Crippen LogP contribution in [-0.2, 0) is 16.1 Å². The average molecular weight is 424 g/mol. The number of aliphatic hydroxyl groups is 1. The number of nitrogens with one attached hydrogen (secondary N) is 2. The van der Waals surface area contributed by atoms with E-state index in [0.717, 1.165) is 15.3 Å². The summed E-state index contributed by atoms with van der Waals surface area (Å²) in [4.78, 5) is 25.9. The molecule has 2 amide bonds. The first-order valence-corrected chi connectivity index (χ1v) is 10.2. The van der Waals surface area contributed by atoms with Gasteiger partial charge in [-0.25, -0.2) is 0 Å². The Bertz CT molecular complexity index is 1050. The molecule has 1 unspecified atom stereocenters. The number of hydrogen-bond donors (Lipinski definition) is 3. The van der Waals surface area contributed by atoms with E-state index in [1.165, 1.54) is 11.3 Å². The Morgan fingerprint density at radius 1 is 0.967 bits per heavy atom. The van der Waals surface area contributed by atoms with E-state index in [1.54, 1.807) is 18.2 Å². The van der Waals surface area contributed by atoms with E-state index in [4.69, 9.17) is 9.47 Å². The van der Waals surface area contributed by atoms with E-state index < -0.39 is 17.9 Å². The quantitative estimate of drug-likeness (QED) is 0.548. The number of anilines is 1. The molecular weight excluding hydrogens is 404 g/mol. The number of carbonyl (C=O) groups is 2. The molecule has 1 aliphatic heterocycles. The number of hydrogen-bond acceptors (Lipinski definition) is 6. The molecule has 0 radical (unpaired) electrons. The molecule has 0 aliphatic carbocycles. The lowest BCUT2D eigenvalue weighted by molar-refractivity contribution is -0.136. The minimum Gasteiger partial charge on any atom is -0.486 e. The molecule has 0 saturated heterocycles. The molecule has 1 aromatic heterocycles. The van der Waals surface area contributed by atoms with Gasteiger partial charge in [0.15, 0.2) is 11.5 Å². The van der Waals surface area contributed by atoms with Crippen LogP contribution < -0.4 is 20.1 Å². The molecule has 0 fully saturated rings. The summed E-state index contributed by atoms with van der Waals surface area (Å²) in [6.45, 7) is 1.11. The highest BCUT2D eigenvalue weighted by atomic mass is 32.1. The van der Waals surface area contributed by atoms with E-state index >= 15 is 0 Å². The third kappa shape index (κ3) is 4.61. The van der Waals surface area contributed by atoms with Crippen LogP contribution in [0.1, 0.15) is 21.4 Å². The maximum Gasteiger partial charge on any atom is 0.313 e. The molecular formula is C22H20N2O5S. The van der Waals surface area contributed by atoms with Crippen LogP contribution in [0.25, 0.3) is 0 Å². The molecule has 1 atom stereocenters. The Hall–Kier alpha value is -3.36. The van der Waals surface area contributed by atoms with Crippen molar-refractivity contribution in [3.05, 3.63) is 76.0 Å². The Morgan fingerprint density at radius 3 is 2.53 bits per heavy atom. The number of ether oxygens (including phenoxy) is 2. The predicted molar refractivity (Wildman–Crippen MR) is 113 cm³/mol. The van der Waals surface area contributed by atoms with Gasteiger partial charge in [0.1, 0.15) is 19.3 Å². The first kappa shape index (κ1) is 19.9. The molecule has 0 saturated carbocycles. The van der Waals surface area contributed by atoms with E-state index in [9.17, 15) is 14.7 Å². The van der Waals surface area contributed by atoms with E-state index in [-0.39, 0.29) is 6.54 Å². The van der Waals surface area contributed by atoms with Crippen LogP contribution in [0.2, 0.25) is 0 Å². The summed E-state index contributed by atoms with van der Waals surface area (Å²) >= 11 is 1.38. The summed E-state index contributed by atoms with van der Waals surface area (Å²) in [5.74, 6) is -0.381. The molecule has 3 N–H and O–H groups in total. The largest absolute Gasteiger partial charge is 0.486 e. The van der Waals surface area contributed by atoms with E-state index in [1.807, 2.05) is 42.5 Å². The molecule has 7 nitrogen and oxygen atoms in total. The van der Waals surface area contributed by atoms with Crippen LogP contribution in [0, 0.1) is 0 Å². The van der Waals surface area contributed by atoms with E-state index in [0.29, 0.717) is 30.4 Å². The van der Waals surface area contributed by atoms with Crippen LogP contribution in [0.3, 0.4) is 0 Å². The molecule has 2 aromatic carbocycles. The van der Waals surface area contributed by atoms with Gasteiger partial charge >= 0.3 is 11.8 Å². The zero-order valence-corrected chi connectivity index (χ0v) is 16.8. The van der Waals surface area contributed by atoms with Gasteiger partial charge in [0.2, 0.25) is 0 Å². The summed E-state index contributed by atoms with van der Waals surface area (Å²) < 4.78 is 10.9. The second-order valence-electron chi connectivity index (χ2n) is 6.61. The van der Waals surface area contributed by atoms with Gasteiger partial charge in [0, 0.05) is 21.5 Å². The van der Waals surface area contributed by atoms with Gasteiger partial charge in [0.05, 0.1) is 6.54 Å². The van der Waals surface area contributed by atoms with Gasteiger partial charge in [0.25, 0.3) is 0 Å². The SMILES string of the molecule is O=C(NCc1ccc(C(O)c2ccccc2)s1)C(=O)Nc1ccc2c(c1)OCCO2. The smallest absolute Gasteiger partial charge is 0.313 e. The van der Waals surface area contributed by atoms with Gasteiger partial charge in [-0.1, -0.05) is 30.3 Å². The normalized spacial score (nSPS) is 13.4. The van der Waals surface area contributed by atoms with Crippen molar-refractivity contribution < 1.29 is 24.2 Å². The molecule has 154 valence electrons. The summed E-state index contributed by atoms with van der Waals surface area (Å²) in [6.07, 6.45) is -0.723. The Labute approximate surface area is 177 Å². The Morgan fingerprint density at radius 2 is 1.73 bits per heavy atom. The van der Waals surface area contributed by atoms with Crippen LogP contribution >= 0.6 is 11.3 Å². The molecule has 1 aliphatic rings. The lowest BCUT2D eigenvalue weighted by Gasteiger charge is -2.18. The van der Waals surface area contributed by atoms with Crippen molar-refractivity contribution in [2.75, 3.05) is 18.5 Å². The van der Waals surface area contributed by atoms with Gasteiger partial charge in [-0.2, -0.15) is 0 Å². The number of carbonyl (C=O) groups excluding carboxylic acids is 2. The maximum absolute atomic E-state index is 12.2. The molecule has 30 heavy (non-hydrogen) atoms. The minimum absolute atomic E-state index is 0.194. The fraction of sp³-hybridized carbons (Fsp3) is 0.182. The first-order chi connectivity index (χ1) is 14.6. The second kappa shape index (κ2) is 8.98. The van der Waals surface area contributed by atoms with Crippen molar-refractivity contribution in [2.45, 2.75) is 12.6 Å². The topological polar surface area (TPSA) is 96.9 Å². The number of thiophene rings is 1. The minimum atomic E-state index is -0.771. The van der Waals surface area contributed by atoms with Gasteiger partial charge in [-0.05, 0) is 29.8 Å². The van der Waals surface area contributed by atoms with Gasteiger partial charge < -0.3 is 25.2 Å². The summed E-state index contributed by atoms with van der Waals surface area (Å²) in [6, 6.07) is 17.9. The summed E-state index contributed by atoms with van der Waals surface area (Å²) in [5, 5.41) is 15.6. The zero-order chi connectivity index (χ0) is 20.9. The number of rotatable bonds is 5. The summed E-state index contributed by atoms with van der Waals surface area (Å²) in [5.41, 5.74) is 1.25. The molecule has 2 heterocycles. The molecule has 8 heteroatoms. The monoisotopic (exact) mass is 424 g/mol. The van der Waals surface area contributed by atoms with Crippen molar-refractivity contribution in [3.63, 3.8) is 0 Å². The first-order valence-electron chi connectivity index (χ1n) is 9.40. The van der Waals surface area contributed by atoms with Crippen molar-refractivity contribution in [3.8, 4) is 11.5 Å². The highest BCUT2D eigenvalue weighted by Gasteiger charge is 2.18. The standard InChI is InChI=1S/C22H20N2O5S/c25-20(14-4-2-1-3-5-14)19-9-7-16(30-19)13-23-21(26)22(27)24-15-6-8-17-18(12-15)29-11-10-28-17/h1-9,12,20,25H,10-11,13H2,(H,23,26)(H,24,27). The molecule has 3 aromatic rings. The summed E-state index contributed by atoms with van der Waals surface area (Å²) in [7, 11) is 0. The molecule has 0 spiro atoms. The number of fused-ring (bicyclic) bond motifs is 1. The van der Waals surface area contributed by atoms with Crippen molar-refractivity contribution in [2.24, 2.45) is 0 Å². The third-order valence-corrected chi connectivity index (χ3v) is 5.63. The zero-order valence-electron chi connectivity index (χ0n) is 16.0. The van der Waals surface area contributed by atoms with Crippen molar-refractivity contribution >= 4 is 28.8 Å². The van der Waals surface area contributed by atoms with Crippen molar-refractivity contribution in [1.29, 1.82) is 0 Å². The highest BCUT2D eigenvalue weighted by Crippen LogP contribution is 2.32. The third-order valence-electron chi connectivity index (χ3n) is 4.50. The van der Waals surface area contributed by atoms with E-state index in [2.05, 4.69) is 10.6 Å². The fourth-order valence-electron chi connectivity index (χ4n) is 2.99. The fourth-order valence-corrected chi connectivity index (χ4v) is 3.96. The highest BCUT2D eigenvalue weighted by molar-refractivity contribution is 7.12. The Balaban J connectivity index is 1.31. The average Bonchev–Trinajstić information content (AvgIpc) is 3.26. The van der Waals surface area contributed by atoms with Gasteiger partial charge in [-0.3, -0.25) is 9.59 Å². The van der Waals surface area contributed by atoms with Gasteiger partial charge in [-0.15, -0.1) is 11.3 Å². The maximum atomic E-state index is 12.2. The lowest BCUT2D eigenvalue weighted by Crippen LogP contribution is -2.34. The second-order valence-corrected chi connectivity index (χ2v) is 7.81. The number of aliphatic hydroxyl groups excluding tert-OH is 1. The lowest BCUT2D eigenvalue weighted by atomic mass is 10.1. The van der Waals surface area contributed by atoms with Crippen molar-refractivity contribution in [1.82, 2.24) is 5.32 Å². The van der Waals surface area contributed by atoms with Crippen LogP contribution in [0.5, 0.6) is 11.5 Å². The Kier molecular flexibility index (Phi) is 5.97. The molecule has 4 rings (SSSR count). The number of benzene rings is 2. The number of amides is 2.